The van der Waals surface area contributed by atoms with E-state index in [1.807, 2.05) is 24.3 Å². The van der Waals surface area contributed by atoms with Gasteiger partial charge in [-0.2, -0.15) is 0 Å². The van der Waals surface area contributed by atoms with Crippen molar-refractivity contribution in [1.82, 2.24) is 4.98 Å². The van der Waals surface area contributed by atoms with Gasteiger partial charge in [0.25, 0.3) is 0 Å². The summed E-state index contributed by atoms with van der Waals surface area (Å²) in [6.45, 7) is 4.16. The number of rotatable bonds is 2. The summed E-state index contributed by atoms with van der Waals surface area (Å²) in [7, 11) is 0. The number of hydrogen-bond acceptors (Lipinski definition) is 4. The summed E-state index contributed by atoms with van der Waals surface area (Å²) in [6.07, 6.45) is 2.29. The lowest BCUT2D eigenvalue weighted by Crippen LogP contribution is -2.56. The molecule has 2 atom stereocenters. The van der Waals surface area contributed by atoms with Gasteiger partial charge >= 0.3 is 0 Å². The topological polar surface area (TPSA) is 71.2 Å². The fourth-order valence-electron chi connectivity index (χ4n) is 2.66. The second-order valence-corrected chi connectivity index (χ2v) is 5.87. The lowest BCUT2D eigenvalue weighted by molar-refractivity contribution is -0.0510. The fraction of sp³-hybridized carbons (Fsp3) is 0.400. The van der Waals surface area contributed by atoms with E-state index in [9.17, 15) is 5.11 Å². The number of fused-ring (bicyclic) bond motifs is 1. The molecule has 1 aromatic heterocycles. The third kappa shape index (κ3) is 1.83. The van der Waals surface area contributed by atoms with Crippen LogP contribution in [-0.4, -0.2) is 22.2 Å². The highest BCUT2D eigenvalue weighted by molar-refractivity contribution is 5.98. The molecule has 1 saturated carbocycles. The van der Waals surface area contributed by atoms with Crippen molar-refractivity contribution in [3.05, 3.63) is 30.5 Å². The first-order valence-electron chi connectivity index (χ1n) is 6.58. The molecule has 3 rings (SSSR count). The zero-order chi connectivity index (χ0) is 13.6. The van der Waals surface area contributed by atoms with Crippen LogP contribution < -0.4 is 11.1 Å². The molecule has 1 fully saturated rings. The number of benzene rings is 1. The Balaban J connectivity index is 1.97. The average Bonchev–Trinajstić information content (AvgIpc) is 2.41. The first-order chi connectivity index (χ1) is 9.00. The molecule has 100 valence electrons. The molecule has 1 heterocycles. The number of nitrogen functional groups attached to an aromatic ring is 1. The van der Waals surface area contributed by atoms with E-state index in [0.717, 1.165) is 23.0 Å². The summed E-state index contributed by atoms with van der Waals surface area (Å²) in [5, 5.41) is 14.4. The molecule has 0 aliphatic heterocycles. The molecule has 4 N–H and O–H groups in total. The number of nitrogens with two attached hydrogens (primary N) is 1. The quantitative estimate of drug-likeness (QED) is 0.722. The second-order valence-electron chi connectivity index (χ2n) is 5.87. The predicted molar refractivity (Wildman–Crippen MR) is 78.0 cm³/mol. The summed E-state index contributed by atoms with van der Waals surface area (Å²) in [6, 6.07) is 8.06. The Morgan fingerprint density at radius 3 is 2.84 bits per heavy atom. The molecule has 1 aliphatic carbocycles. The van der Waals surface area contributed by atoms with Crippen LogP contribution in [0.5, 0.6) is 0 Å². The Labute approximate surface area is 112 Å². The van der Waals surface area contributed by atoms with Crippen molar-refractivity contribution in [2.24, 2.45) is 5.41 Å². The molecule has 4 heteroatoms. The van der Waals surface area contributed by atoms with Crippen LogP contribution in [0.4, 0.5) is 11.4 Å². The first kappa shape index (κ1) is 12.2. The Morgan fingerprint density at radius 1 is 1.37 bits per heavy atom. The van der Waals surface area contributed by atoms with Gasteiger partial charge < -0.3 is 16.2 Å². The van der Waals surface area contributed by atoms with Crippen molar-refractivity contribution in [2.45, 2.75) is 32.4 Å². The molecule has 2 aromatic rings. The Hall–Kier alpha value is -1.81. The predicted octanol–water partition coefficient (Wildman–Crippen LogP) is 2.39. The van der Waals surface area contributed by atoms with Gasteiger partial charge in [-0.3, -0.25) is 4.98 Å². The van der Waals surface area contributed by atoms with Gasteiger partial charge in [0, 0.05) is 28.7 Å². The fourth-order valence-corrected chi connectivity index (χ4v) is 2.66. The highest BCUT2D eigenvalue weighted by Gasteiger charge is 2.47. The maximum atomic E-state index is 9.81. The van der Waals surface area contributed by atoms with Crippen LogP contribution in [0.3, 0.4) is 0 Å². The van der Waals surface area contributed by atoms with E-state index in [0.29, 0.717) is 5.69 Å². The van der Waals surface area contributed by atoms with E-state index in [2.05, 4.69) is 24.1 Å². The highest BCUT2D eigenvalue weighted by atomic mass is 16.3. The molecule has 0 amide bonds. The standard InChI is InChI=1S/C15H19N3O/c1-15(2)12(8-13(15)19)18-11-6-5-10(16)14-9(11)4-3-7-17-14/h3-7,12-13,18-19H,8,16H2,1-2H3. The average molecular weight is 257 g/mol. The third-order valence-corrected chi connectivity index (χ3v) is 4.35. The third-order valence-electron chi connectivity index (χ3n) is 4.35. The molecule has 0 bridgehead atoms. The molecular weight excluding hydrogens is 238 g/mol. The van der Waals surface area contributed by atoms with Gasteiger partial charge in [0.15, 0.2) is 0 Å². The summed E-state index contributed by atoms with van der Waals surface area (Å²) < 4.78 is 0. The minimum Gasteiger partial charge on any atom is -0.397 e. The molecule has 1 aromatic carbocycles. The van der Waals surface area contributed by atoms with E-state index >= 15 is 0 Å². The molecular formula is C15H19N3O. The lowest BCUT2D eigenvalue weighted by Gasteiger charge is -2.50. The van der Waals surface area contributed by atoms with Crippen LogP contribution in [0.25, 0.3) is 10.9 Å². The number of pyridine rings is 1. The zero-order valence-electron chi connectivity index (χ0n) is 11.2. The van der Waals surface area contributed by atoms with Gasteiger partial charge in [0.2, 0.25) is 0 Å². The van der Waals surface area contributed by atoms with Gasteiger partial charge in [-0.05, 0) is 30.7 Å². The normalized spacial score (nSPS) is 25.0. The summed E-state index contributed by atoms with van der Waals surface area (Å²) >= 11 is 0. The largest absolute Gasteiger partial charge is 0.397 e. The smallest absolute Gasteiger partial charge is 0.0951 e. The van der Waals surface area contributed by atoms with Gasteiger partial charge in [0.1, 0.15) is 0 Å². The van der Waals surface area contributed by atoms with Crippen molar-refractivity contribution in [2.75, 3.05) is 11.1 Å². The van der Waals surface area contributed by atoms with Crippen molar-refractivity contribution < 1.29 is 5.11 Å². The summed E-state index contributed by atoms with van der Waals surface area (Å²) in [4.78, 5) is 4.33. The number of nitrogens with zero attached hydrogens (tertiary/aromatic N) is 1. The number of aliphatic hydroxyl groups is 1. The highest BCUT2D eigenvalue weighted by Crippen LogP contribution is 2.43. The minimum absolute atomic E-state index is 0.101. The molecule has 1 aliphatic rings. The van der Waals surface area contributed by atoms with Crippen molar-refractivity contribution in [3.63, 3.8) is 0 Å². The zero-order valence-corrected chi connectivity index (χ0v) is 11.2. The van der Waals surface area contributed by atoms with E-state index in [-0.39, 0.29) is 17.6 Å². The molecule has 2 unspecified atom stereocenters. The van der Waals surface area contributed by atoms with E-state index in [1.165, 1.54) is 0 Å². The van der Waals surface area contributed by atoms with Gasteiger partial charge in [-0.15, -0.1) is 0 Å². The van der Waals surface area contributed by atoms with E-state index < -0.39 is 0 Å². The number of nitrogens with one attached hydrogen (secondary N) is 1. The van der Waals surface area contributed by atoms with E-state index in [1.54, 1.807) is 6.20 Å². The number of hydrogen-bond donors (Lipinski definition) is 3. The molecule has 4 nitrogen and oxygen atoms in total. The first-order valence-corrected chi connectivity index (χ1v) is 6.58. The SMILES string of the molecule is CC1(C)C(O)CC1Nc1ccc(N)c2ncccc12. The van der Waals surface area contributed by atoms with Crippen LogP contribution in [0.2, 0.25) is 0 Å². The number of anilines is 2. The van der Waals surface area contributed by atoms with Crippen LogP contribution in [0.1, 0.15) is 20.3 Å². The Morgan fingerprint density at radius 2 is 2.16 bits per heavy atom. The van der Waals surface area contributed by atoms with Crippen LogP contribution >= 0.6 is 0 Å². The monoisotopic (exact) mass is 257 g/mol. The Kier molecular flexibility index (Phi) is 2.64. The molecule has 19 heavy (non-hydrogen) atoms. The van der Waals surface area contributed by atoms with Gasteiger partial charge in [-0.25, -0.2) is 0 Å². The van der Waals surface area contributed by atoms with Gasteiger partial charge in [-0.1, -0.05) is 13.8 Å². The minimum atomic E-state index is -0.233. The van der Waals surface area contributed by atoms with Gasteiger partial charge in [0.05, 0.1) is 17.3 Å². The summed E-state index contributed by atoms with van der Waals surface area (Å²) in [5.74, 6) is 0. The van der Waals surface area contributed by atoms with Crippen LogP contribution in [0.15, 0.2) is 30.5 Å². The molecule has 0 radical (unpaired) electrons. The maximum Gasteiger partial charge on any atom is 0.0951 e. The summed E-state index contributed by atoms with van der Waals surface area (Å²) in [5.41, 5.74) is 8.39. The van der Waals surface area contributed by atoms with Crippen molar-refractivity contribution >= 4 is 22.3 Å². The Bertz CT molecular complexity index is 624. The van der Waals surface area contributed by atoms with Crippen molar-refractivity contribution in [3.8, 4) is 0 Å². The lowest BCUT2D eigenvalue weighted by atomic mass is 9.64. The van der Waals surface area contributed by atoms with Crippen LogP contribution in [0, 0.1) is 5.41 Å². The van der Waals surface area contributed by atoms with Crippen LogP contribution in [-0.2, 0) is 0 Å². The maximum absolute atomic E-state index is 9.81. The number of aromatic nitrogens is 1. The number of aliphatic hydroxyl groups excluding tert-OH is 1. The molecule has 0 saturated heterocycles. The second kappa shape index (κ2) is 4.10. The van der Waals surface area contributed by atoms with Crippen molar-refractivity contribution in [1.29, 1.82) is 0 Å². The molecule has 0 spiro atoms. The van der Waals surface area contributed by atoms with E-state index in [4.69, 9.17) is 5.73 Å².